The van der Waals surface area contributed by atoms with Crippen LogP contribution < -0.4 is 5.56 Å². The van der Waals surface area contributed by atoms with E-state index >= 15 is 0 Å². The Kier molecular flexibility index (Phi) is 3.04. The van der Waals surface area contributed by atoms with Gasteiger partial charge in [0.15, 0.2) is 0 Å². The molecule has 0 radical (unpaired) electrons. The number of rotatable bonds is 3. The van der Waals surface area contributed by atoms with Gasteiger partial charge in [-0.1, -0.05) is 0 Å². The second kappa shape index (κ2) is 4.30. The first-order valence-corrected chi connectivity index (χ1v) is 5.80. The molecule has 6 heteroatoms. The maximum atomic E-state index is 11.8. The van der Waals surface area contributed by atoms with Crippen LogP contribution in [0.3, 0.4) is 0 Å². The Morgan fingerprint density at radius 3 is 3.20 bits per heavy atom. The molecule has 0 aliphatic carbocycles. The molecule has 2 heterocycles. The maximum absolute atomic E-state index is 11.8. The van der Waals surface area contributed by atoms with Crippen LogP contribution in [0.5, 0.6) is 0 Å². The first-order chi connectivity index (χ1) is 7.22. The number of thiophene rings is 1. The highest BCUT2D eigenvalue weighted by Gasteiger charge is 2.08. The lowest BCUT2D eigenvalue weighted by atomic mass is 10.3. The summed E-state index contributed by atoms with van der Waals surface area (Å²) in [5.74, 6) is 0.105. The number of halogens is 1. The Bertz CT molecular complexity index is 522. The van der Waals surface area contributed by atoms with Crippen LogP contribution in [0, 0.1) is 0 Å². The van der Waals surface area contributed by atoms with E-state index in [-0.39, 0.29) is 18.0 Å². The van der Waals surface area contributed by atoms with Crippen molar-refractivity contribution in [2.75, 3.05) is 5.88 Å². The lowest BCUT2D eigenvalue weighted by molar-refractivity contribution is 0.175. The normalized spacial score (nSPS) is 13.2. The largest absolute Gasteiger partial charge is 0.390 e. The monoisotopic (exact) mass is 244 g/mol. The molecule has 1 N–H and O–H groups in total. The van der Waals surface area contributed by atoms with Crippen molar-refractivity contribution in [3.63, 3.8) is 0 Å². The van der Waals surface area contributed by atoms with Gasteiger partial charge in [0.25, 0.3) is 5.56 Å². The summed E-state index contributed by atoms with van der Waals surface area (Å²) in [6.07, 6.45) is 0.721. The van der Waals surface area contributed by atoms with Crippen LogP contribution in [-0.4, -0.2) is 26.6 Å². The third kappa shape index (κ3) is 2.04. The predicted octanol–water partition coefficient (Wildman–Crippen LogP) is 1.06. The zero-order valence-corrected chi connectivity index (χ0v) is 9.33. The van der Waals surface area contributed by atoms with Gasteiger partial charge < -0.3 is 5.11 Å². The Balaban J connectivity index is 2.44. The second-order valence-corrected chi connectivity index (χ2v) is 4.35. The second-order valence-electron chi connectivity index (χ2n) is 3.15. The zero-order chi connectivity index (χ0) is 10.8. The first kappa shape index (κ1) is 10.6. The number of nitrogens with zero attached hydrogens (tertiary/aromatic N) is 2. The Labute approximate surface area is 94.8 Å². The predicted molar refractivity (Wildman–Crippen MR) is 60.6 cm³/mol. The number of aromatic nitrogens is 2. The van der Waals surface area contributed by atoms with Crippen LogP contribution in [0.2, 0.25) is 0 Å². The van der Waals surface area contributed by atoms with Crippen LogP contribution in [0.4, 0.5) is 0 Å². The Morgan fingerprint density at radius 1 is 1.67 bits per heavy atom. The molecule has 0 aliphatic heterocycles. The number of aliphatic hydroxyl groups excluding tert-OH is 1. The highest BCUT2D eigenvalue weighted by Crippen LogP contribution is 2.13. The standard InChI is InChI=1S/C9H9ClN2O2S/c10-3-6(13)4-12-5-11-8-7(9(12)14)1-2-15-8/h1-2,5-6,13H,3-4H2. The van der Waals surface area contributed by atoms with Crippen molar-refractivity contribution in [3.8, 4) is 0 Å². The molecule has 0 aromatic carbocycles. The molecule has 0 saturated carbocycles. The van der Waals surface area contributed by atoms with E-state index in [9.17, 15) is 9.90 Å². The summed E-state index contributed by atoms with van der Waals surface area (Å²) in [6, 6.07) is 1.74. The minimum Gasteiger partial charge on any atom is -0.390 e. The van der Waals surface area contributed by atoms with Gasteiger partial charge in [-0.2, -0.15) is 0 Å². The average molecular weight is 245 g/mol. The van der Waals surface area contributed by atoms with Crippen LogP contribution >= 0.6 is 22.9 Å². The van der Waals surface area contributed by atoms with Crippen LogP contribution in [0.1, 0.15) is 0 Å². The molecule has 0 aliphatic rings. The molecule has 2 aromatic rings. The van der Waals surface area contributed by atoms with Gasteiger partial charge in [0.2, 0.25) is 0 Å². The molecule has 1 atom stereocenters. The maximum Gasteiger partial charge on any atom is 0.262 e. The van der Waals surface area contributed by atoms with E-state index in [4.69, 9.17) is 11.6 Å². The molecular formula is C9H9ClN2O2S. The van der Waals surface area contributed by atoms with E-state index in [1.54, 1.807) is 6.07 Å². The highest BCUT2D eigenvalue weighted by molar-refractivity contribution is 7.16. The van der Waals surface area contributed by atoms with Crippen LogP contribution in [0.15, 0.2) is 22.6 Å². The third-order valence-electron chi connectivity index (χ3n) is 2.04. The molecule has 0 fully saturated rings. The minimum absolute atomic E-state index is 0.105. The van der Waals surface area contributed by atoms with Crippen molar-refractivity contribution in [2.24, 2.45) is 0 Å². The first-order valence-electron chi connectivity index (χ1n) is 4.39. The molecule has 0 amide bonds. The van der Waals surface area contributed by atoms with E-state index < -0.39 is 6.10 Å². The number of hydrogen-bond donors (Lipinski definition) is 1. The molecule has 0 saturated heterocycles. The van der Waals surface area contributed by atoms with Crippen LogP contribution in [0.25, 0.3) is 10.2 Å². The SMILES string of the molecule is O=c1c2ccsc2ncn1CC(O)CCl. The smallest absolute Gasteiger partial charge is 0.262 e. The summed E-state index contributed by atoms with van der Waals surface area (Å²) in [5.41, 5.74) is -0.134. The minimum atomic E-state index is -0.720. The van der Waals surface area contributed by atoms with Crippen molar-refractivity contribution in [1.29, 1.82) is 0 Å². The van der Waals surface area contributed by atoms with Gasteiger partial charge in [0.05, 0.1) is 30.2 Å². The Morgan fingerprint density at radius 2 is 2.47 bits per heavy atom. The number of fused-ring (bicyclic) bond motifs is 1. The van der Waals surface area contributed by atoms with Crippen molar-refractivity contribution in [2.45, 2.75) is 12.6 Å². The van der Waals surface area contributed by atoms with Gasteiger partial charge in [-0.3, -0.25) is 9.36 Å². The molecule has 15 heavy (non-hydrogen) atoms. The van der Waals surface area contributed by atoms with Crippen molar-refractivity contribution in [3.05, 3.63) is 28.1 Å². The van der Waals surface area contributed by atoms with Gasteiger partial charge in [0, 0.05) is 0 Å². The lowest BCUT2D eigenvalue weighted by Gasteiger charge is -2.08. The number of alkyl halides is 1. The van der Waals surface area contributed by atoms with E-state index in [1.807, 2.05) is 5.38 Å². The molecule has 2 rings (SSSR count). The molecule has 1 unspecified atom stereocenters. The number of aliphatic hydroxyl groups is 1. The van der Waals surface area contributed by atoms with Crippen LogP contribution in [-0.2, 0) is 6.54 Å². The summed E-state index contributed by atoms with van der Waals surface area (Å²) < 4.78 is 1.38. The molecule has 2 aromatic heterocycles. The fourth-order valence-corrected chi connectivity index (χ4v) is 2.12. The van der Waals surface area contributed by atoms with E-state index in [1.165, 1.54) is 22.2 Å². The summed E-state index contributed by atoms with van der Waals surface area (Å²) in [5, 5.41) is 11.7. The highest BCUT2D eigenvalue weighted by atomic mass is 35.5. The van der Waals surface area contributed by atoms with Gasteiger partial charge in [0.1, 0.15) is 4.83 Å². The van der Waals surface area contributed by atoms with Crippen molar-refractivity contribution < 1.29 is 5.11 Å². The molecule has 80 valence electrons. The van der Waals surface area contributed by atoms with E-state index in [0.29, 0.717) is 5.39 Å². The van der Waals surface area contributed by atoms with E-state index in [2.05, 4.69) is 4.98 Å². The summed E-state index contributed by atoms with van der Waals surface area (Å²) in [7, 11) is 0. The van der Waals surface area contributed by atoms with Gasteiger partial charge in [-0.05, 0) is 11.4 Å². The average Bonchev–Trinajstić information content (AvgIpc) is 2.70. The van der Waals surface area contributed by atoms with Gasteiger partial charge >= 0.3 is 0 Å². The molecule has 0 bridgehead atoms. The summed E-state index contributed by atoms with van der Waals surface area (Å²) in [6.45, 7) is 0.182. The molecular weight excluding hydrogens is 236 g/mol. The van der Waals surface area contributed by atoms with E-state index in [0.717, 1.165) is 4.83 Å². The third-order valence-corrected chi connectivity index (χ3v) is 3.21. The summed E-state index contributed by atoms with van der Waals surface area (Å²) in [4.78, 5) is 16.7. The molecule has 4 nitrogen and oxygen atoms in total. The zero-order valence-electron chi connectivity index (χ0n) is 7.76. The lowest BCUT2D eigenvalue weighted by Crippen LogP contribution is -2.27. The topological polar surface area (TPSA) is 55.1 Å². The fourth-order valence-electron chi connectivity index (χ4n) is 1.30. The fraction of sp³-hybridized carbons (Fsp3) is 0.333. The van der Waals surface area contributed by atoms with Crippen molar-refractivity contribution in [1.82, 2.24) is 9.55 Å². The quantitative estimate of drug-likeness (QED) is 0.822. The van der Waals surface area contributed by atoms with Crippen molar-refractivity contribution >= 4 is 33.2 Å². The number of hydrogen-bond acceptors (Lipinski definition) is 4. The summed E-state index contributed by atoms with van der Waals surface area (Å²) >= 11 is 6.89. The van der Waals surface area contributed by atoms with Gasteiger partial charge in [-0.15, -0.1) is 22.9 Å². The molecule has 0 spiro atoms. The van der Waals surface area contributed by atoms with Gasteiger partial charge in [-0.25, -0.2) is 4.98 Å². The Hall–Kier alpha value is -0.910.